The number of hydrogen-bond donors (Lipinski definition) is 1. The average Bonchev–Trinajstić information content (AvgIpc) is 1.83. The van der Waals surface area contributed by atoms with Crippen LogP contribution in [0.3, 0.4) is 0 Å². The molecule has 0 aliphatic carbocycles. The number of nitrogens with zero attached hydrogens (tertiary/aromatic N) is 2. The maximum absolute atomic E-state index is 10.7. The summed E-state index contributed by atoms with van der Waals surface area (Å²) in [5, 5.41) is 0. The lowest BCUT2D eigenvalue weighted by atomic mass is 10.6. The summed E-state index contributed by atoms with van der Waals surface area (Å²) in [7, 11) is 1.57. The second kappa shape index (κ2) is 1.89. The fraction of sp³-hybridized carbons (Fsp3) is 0.200. The van der Waals surface area contributed by atoms with Crippen LogP contribution in [0, 0.1) is 0 Å². The summed E-state index contributed by atoms with van der Waals surface area (Å²) in [6.07, 6.45) is 1.39. The first-order valence-electron chi connectivity index (χ1n) is 2.49. The molecule has 0 amide bonds. The number of nitrogen functional groups attached to an aromatic ring is 1. The zero-order chi connectivity index (χ0) is 6.85. The molecular weight excluding hydrogens is 118 g/mol. The molecule has 9 heavy (non-hydrogen) atoms. The van der Waals surface area contributed by atoms with Crippen LogP contribution in [0.15, 0.2) is 17.1 Å². The smallest absolute Gasteiger partial charge is 0.254 e. The van der Waals surface area contributed by atoms with E-state index in [-0.39, 0.29) is 11.5 Å². The fourth-order valence-corrected chi connectivity index (χ4v) is 0.489. The predicted octanol–water partition coefficient (Wildman–Crippen LogP) is -0.638. The second-order valence-corrected chi connectivity index (χ2v) is 1.70. The molecule has 0 bridgehead atoms. The van der Waals surface area contributed by atoms with Crippen LogP contribution in [0.1, 0.15) is 0 Å². The number of anilines is 1. The Hall–Kier alpha value is -1.32. The number of nitrogens with two attached hydrogens (primary N) is 1. The lowest BCUT2D eigenvalue weighted by Crippen LogP contribution is -2.19. The SMILES string of the molecule is Cn1c(N)nccc1=O. The van der Waals surface area contributed by atoms with Crippen molar-refractivity contribution >= 4 is 5.95 Å². The van der Waals surface area contributed by atoms with Gasteiger partial charge in [-0.25, -0.2) is 4.98 Å². The zero-order valence-corrected chi connectivity index (χ0v) is 5.03. The first kappa shape index (κ1) is 5.81. The van der Waals surface area contributed by atoms with Gasteiger partial charge in [-0.05, 0) is 0 Å². The summed E-state index contributed by atoms with van der Waals surface area (Å²) < 4.78 is 1.28. The number of rotatable bonds is 0. The molecule has 0 radical (unpaired) electrons. The van der Waals surface area contributed by atoms with Crippen molar-refractivity contribution in [3.63, 3.8) is 0 Å². The summed E-state index contributed by atoms with van der Waals surface area (Å²) >= 11 is 0. The van der Waals surface area contributed by atoms with Crippen LogP contribution < -0.4 is 11.3 Å². The van der Waals surface area contributed by atoms with E-state index in [0.717, 1.165) is 0 Å². The molecule has 0 spiro atoms. The molecule has 0 aliphatic heterocycles. The Balaban J connectivity index is 3.43. The van der Waals surface area contributed by atoms with Gasteiger partial charge in [-0.1, -0.05) is 0 Å². The van der Waals surface area contributed by atoms with Crippen molar-refractivity contribution in [2.24, 2.45) is 7.05 Å². The van der Waals surface area contributed by atoms with E-state index >= 15 is 0 Å². The third-order valence-electron chi connectivity index (χ3n) is 1.10. The molecule has 1 heterocycles. The van der Waals surface area contributed by atoms with Gasteiger partial charge >= 0.3 is 0 Å². The van der Waals surface area contributed by atoms with Gasteiger partial charge in [0.15, 0.2) is 0 Å². The summed E-state index contributed by atoms with van der Waals surface area (Å²) in [6.45, 7) is 0. The molecular formula is C5H7N3O. The molecule has 0 aromatic carbocycles. The van der Waals surface area contributed by atoms with Gasteiger partial charge in [0.25, 0.3) is 5.56 Å². The first-order valence-corrected chi connectivity index (χ1v) is 2.49. The third kappa shape index (κ3) is 0.910. The summed E-state index contributed by atoms with van der Waals surface area (Å²) in [6, 6.07) is 1.36. The van der Waals surface area contributed by atoms with E-state index in [9.17, 15) is 4.79 Å². The van der Waals surface area contributed by atoms with Crippen LogP contribution in [0.2, 0.25) is 0 Å². The lowest BCUT2D eigenvalue weighted by molar-refractivity contribution is 0.843. The third-order valence-corrected chi connectivity index (χ3v) is 1.10. The Morgan fingerprint density at radius 2 is 2.44 bits per heavy atom. The standard InChI is InChI=1S/C5H7N3O/c1-8-4(9)2-3-7-5(8)6/h2-3H,1H3,(H2,6,7). The molecule has 0 saturated heterocycles. The minimum absolute atomic E-state index is 0.137. The highest BCUT2D eigenvalue weighted by Crippen LogP contribution is 1.83. The van der Waals surface area contributed by atoms with Crippen LogP contribution >= 0.6 is 0 Å². The average molecular weight is 125 g/mol. The predicted molar refractivity (Wildman–Crippen MR) is 33.9 cm³/mol. The van der Waals surface area contributed by atoms with Crippen molar-refractivity contribution in [2.45, 2.75) is 0 Å². The monoisotopic (exact) mass is 125 g/mol. The molecule has 1 rings (SSSR count). The molecule has 2 N–H and O–H groups in total. The topological polar surface area (TPSA) is 60.9 Å². The van der Waals surface area contributed by atoms with E-state index in [1.54, 1.807) is 7.05 Å². The zero-order valence-electron chi connectivity index (χ0n) is 5.03. The van der Waals surface area contributed by atoms with Crippen molar-refractivity contribution in [1.82, 2.24) is 9.55 Å². The van der Waals surface area contributed by atoms with Crippen LogP contribution in [-0.2, 0) is 7.05 Å². The summed E-state index contributed by atoms with van der Waals surface area (Å²) in [5.74, 6) is 0.238. The number of hydrogen-bond acceptors (Lipinski definition) is 3. The molecule has 0 fully saturated rings. The van der Waals surface area contributed by atoms with Gasteiger partial charge in [0, 0.05) is 19.3 Å². The normalized spacial score (nSPS) is 9.44. The Labute approximate surface area is 51.9 Å². The van der Waals surface area contributed by atoms with Gasteiger partial charge in [0.05, 0.1) is 0 Å². The van der Waals surface area contributed by atoms with Crippen molar-refractivity contribution in [3.05, 3.63) is 22.6 Å². The van der Waals surface area contributed by atoms with E-state index < -0.39 is 0 Å². The first-order chi connectivity index (χ1) is 4.22. The highest BCUT2D eigenvalue weighted by molar-refractivity contribution is 5.14. The molecule has 0 atom stereocenters. The molecule has 1 aromatic heterocycles. The Bertz CT molecular complexity index is 265. The van der Waals surface area contributed by atoms with Crippen LogP contribution in [0.5, 0.6) is 0 Å². The summed E-state index contributed by atoms with van der Waals surface area (Å²) in [4.78, 5) is 14.4. The van der Waals surface area contributed by atoms with E-state index in [1.165, 1.54) is 16.8 Å². The Morgan fingerprint density at radius 3 is 2.89 bits per heavy atom. The van der Waals surface area contributed by atoms with Crippen molar-refractivity contribution in [1.29, 1.82) is 0 Å². The maximum atomic E-state index is 10.7. The Kier molecular flexibility index (Phi) is 1.22. The Morgan fingerprint density at radius 1 is 1.78 bits per heavy atom. The van der Waals surface area contributed by atoms with Gasteiger partial charge in [-0.3, -0.25) is 9.36 Å². The van der Waals surface area contributed by atoms with E-state index in [4.69, 9.17) is 5.73 Å². The van der Waals surface area contributed by atoms with Crippen LogP contribution in [-0.4, -0.2) is 9.55 Å². The van der Waals surface area contributed by atoms with E-state index in [2.05, 4.69) is 4.98 Å². The quantitative estimate of drug-likeness (QED) is 0.501. The summed E-state index contributed by atoms with van der Waals surface area (Å²) in [5.41, 5.74) is 5.14. The fourth-order valence-electron chi connectivity index (χ4n) is 0.489. The maximum Gasteiger partial charge on any atom is 0.254 e. The molecule has 0 saturated carbocycles. The van der Waals surface area contributed by atoms with Crippen molar-refractivity contribution in [2.75, 3.05) is 5.73 Å². The molecule has 1 aromatic rings. The van der Waals surface area contributed by atoms with Crippen molar-refractivity contribution < 1.29 is 0 Å². The van der Waals surface area contributed by atoms with Gasteiger partial charge in [-0.15, -0.1) is 0 Å². The van der Waals surface area contributed by atoms with Crippen LogP contribution in [0.4, 0.5) is 5.95 Å². The largest absolute Gasteiger partial charge is 0.369 e. The van der Waals surface area contributed by atoms with Gasteiger partial charge in [0.1, 0.15) is 0 Å². The van der Waals surface area contributed by atoms with Crippen LogP contribution in [0.25, 0.3) is 0 Å². The molecule has 48 valence electrons. The minimum atomic E-state index is -0.137. The molecule has 0 aliphatic rings. The van der Waals surface area contributed by atoms with Gasteiger partial charge < -0.3 is 5.73 Å². The lowest BCUT2D eigenvalue weighted by Gasteiger charge is -1.96. The highest BCUT2D eigenvalue weighted by atomic mass is 16.1. The molecule has 0 unspecified atom stereocenters. The van der Waals surface area contributed by atoms with E-state index in [0.29, 0.717) is 0 Å². The molecule has 4 heteroatoms. The second-order valence-electron chi connectivity index (χ2n) is 1.70. The van der Waals surface area contributed by atoms with E-state index in [1.807, 2.05) is 0 Å². The van der Waals surface area contributed by atoms with Crippen molar-refractivity contribution in [3.8, 4) is 0 Å². The number of aromatic nitrogens is 2. The van der Waals surface area contributed by atoms with Gasteiger partial charge in [0.2, 0.25) is 5.95 Å². The highest BCUT2D eigenvalue weighted by Gasteiger charge is 1.90. The molecule has 4 nitrogen and oxygen atoms in total. The van der Waals surface area contributed by atoms with Gasteiger partial charge in [-0.2, -0.15) is 0 Å². The minimum Gasteiger partial charge on any atom is -0.369 e.